The highest BCUT2D eigenvalue weighted by Gasteiger charge is 2.41. The lowest BCUT2D eigenvalue weighted by Gasteiger charge is -2.38. The molecule has 0 amide bonds. The normalized spacial score (nSPS) is 12.1. The van der Waals surface area contributed by atoms with Crippen LogP contribution in [0.2, 0.25) is 16.6 Å². The average Bonchev–Trinajstić information content (AvgIpc) is 2.03. The first-order chi connectivity index (χ1) is 6.39. The number of rotatable bonds is 3. The van der Waals surface area contributed by atoms with Gasteiger partial charge in [-0.25, -0.2) is 0 Å². The van der Waals surface area contributed by atoms with Gasteiger partial charge < -0.3 is 5.11 Å². The summed E-state index contributed by atoms with van der Waals surface area (Å²) in [4.78, 5) is 0. The molecule has 0 aromatic rings. The molecule has 0 unspecified atom stereocenters. The fraction of sp³-hybridized carbons (Fsp3) is 0.833. The molecule has 0 atom stereocenters. The molecule has 0 aliphatic carbocycles. The van der Waals surface area contributed by atoms with Gasteiger partial charge in [-0.05, 0) is 16.6 Å². The Morgan fingerprint density at radius 1 is 0.929 bits per heavy atom. The van der Waals surface area contributed by atoms with E-state index in [4.69, 9.17) is 5.11 Å². The van der Waals surface area contributed by atoms with Gasteiger partial charge in [0, 0.05) is 0 Å². The molecule has 0 radical (unpaired) electrons. The minimum atomic E-state index is -1.57. The van der Waals surface area contributed by atoms with Crippen molar-refractivity contribution in [1.82, 2.24) is 0 Å². The van der Waals surface area contributed by atoms with Crippen molar-refractivity contribution in [2.24, 2.45) is 0 Å². The fourth-order valence-corrected chi connectivity index (χ4v) is 7.88. The van der Waals surface area contributed by atoms with Gasteiger partial charge in [-0.15, -0.1) is 5.54 Å². The molecule has 0 spiro atoms. The highest BCUT2D eigenvalue weighted by atomic mass is 28.3. The molecule has 14 heavy (non-hydrogen) atoms. The van der Waals surface area contributed by atoms with Crippen molar-refractivity contribution >= 4 is 8.07 Å². The van der Waals surface area contributed by atoms with Gasteiger partial charge in [-0.1, -0.05) is 47.5 Å². The Kier molecular flexibility index (Phi) is 5.47. The Hall–Kier alpha value is -0.263. The molecule has 1 N–H and O–H groups in total. The van der Waals surface area contributed by atoms with Crippen molar-refractivity contribution in [3.63, 3.8) is 0 Å². The van der Waals surface area contributed by atoms with Gasteiger partial charge in [0.2, 0.25) is 0 Å². The van der Waals surface area contributed by atoms with Gasteiger partial charge >= 0.3 is 0 Å². The van der Waals surface area contributed by atoms with E-state index in [1.165, 1.54) is 0 Å². The fourth-order valence-electron chi connectivity index (χ4n) is 2.63. The minimum absolute atomic E-state index is 0.000903. The summed E-state index contributed by atoms with van der Waals surface area (Å²) in [6.45, 7) is 13.7. The maximum atomic E-state index is 8.82. The van der Waals surface area contributed by atoms with E-state index in [0.29, 0.717) is 16.6 Å². The number of aliphatic hydroxyl groups excluding tert-OH is 1. The molecule has 1 nitrogen and oxygen atoms in total. The molecule has 0 aromatic heterocycles. The van der Waals surface area contributed by atoms with Crippen molar-refractivity contribution in [3.05, 3.63) is 0 Å². The first kappa shape index (κ1) is 13.7. The molecular formula is C12H24OSi. The van der Waals surface area contributed by atoms with Crippen LogP contribution in [0.25, 0.3) is 0 Å². The second kappa shape index (κ2) is 5.58. The van der Waals surface area contributed by atoms with Crippen LogP contribution in [-0.2, 0) is 0 Å². The van der Waals surface area contributed by atoms with E-state index < -0.39 is 8.07 Å². The Balaban J connectivity index is 5.16. The molecular weight excluding hydrogens is 188 g/mol. The van der Waals surface area contributed by atoms with Crippen LogP contribution < -0.4 is 0 Å². The van der Waals surface area contributed by atoms with Crippen LogP contribution in [0.4, 0.5) is 0 Å². The van der Waals surface area contributed by atoms with Gasteiger partial charge in [0.05, 0.1) is 0 Å². The zero-order valence-electron chi connectivity index (χ0n) is 10.4. The highest BCUT2D eigenvalue weighted by Crippen LogP contribution is 2.40. The van der Waals surface area contributed by atoms with Crippen LogP contribution in [0.3, 0.4) is 0 Å². The Morgan fingerprint density at radius 3 is 1.50 bits per heavy atom. The molecule has 0 aromatic carbocycles. The number of hydrogen-bond donors (Lipinski definition) is 1. The molecule has 0 bridgehead atoms. The lowest BCUT2D eigenvalue weighted by atomic mass is 10.5. The first-order valence-corrected chi connectivity index (χ1v) is 7.73. The number of hydrogen-bond acceptors (Lipinski definition) is 1. The van der Waals surface area contributed by atoms with E-state index in [1.54, 1.807) is 0 Å². The molecule has 2 heteroatoms. The second-order valence-corrected chi connectivity index (χ2v) is 10.4. The predicted octanol–water partition coefficient (Wildman–Crippen LogP) is 3.20. The quantitative estimate of drug-likeness (QED) is 0.562. The van der Waals surface area contributed by atoms with Crippen LogP contribution >= 0.6 is 0 Å². The smallest absolute Gasteiger partial charge is 0.146 e. The molecule has 0 heterocycles. The summed E-state index contributed by atoms with van der Waals surface area (Å²) in [6.07, 6.45) is 0. The van der Waals surface area contributed by atoms with E-state index >= 15 is 0 Å². The predicted molar refractivity (Wildman–Crippen MR) is 65.9 cm³/mol. The van der Waals surface area contributed by atoms with Crippen molar-refractivity contribution < 1.29 is 5.11 Å². The van der Waals surface area contributed by atoms with Crippen LogP contribution in [0.1, 0.15) is 41.5 Å². The summed E-state index contributed by atoms with van der Waals surface area (Å²) in [5.41, 5.74) is 5.38. The third-order valence-electron chi connectivity index (χ3n) is 3.25. The topological polar surface area (TPSA) is 20.2 Å². The molecule has 0 rings (SSSR count). The summed E-state index contributed by atoms with van der Waals surface area (Å²) in [5.74, 6) is 2.90. The highest BCUT2D eigenvalue weighted by molar-refractivity contribution is 6.90. The SMILES string of the molecule is CC(C)[Si](C#CCO)(C(C)C)C(C)C. The van der Waals surface area contributed by atoms with Gasteiger partial charge in [0.1, 0.15) is 14.7 Å². The molecule has 0 saturated carbocycles. The van der Waals surface area contributed by atoms with Crippen molar-refractivity contribution in [2.75, 3.05) is 6.61 Å². The maximum Gasteiger partial charge on any atom is 0.146 e. The summed E-state index contributed by atoms with van der Waals surface area (Å²) in [6, 6.07) is 0. The zero-order chi connectivity index (χ0) is 11.4. The minimum Gasteiger partial charge on any atom is -0.384 e. The third-order valence-corrected chi connectivity index (χ3v) is 9.59. The lowest BCUT2D eigenvalue weighted by molar-refractivity contribution is 0.350. The zero-order valence-corrected chi connectivity index (χ0v) is 11.4. The van der Waals surface area contributed by atoms with Crippen molar-refractivity contribution in [1.29, 1.82) is 0 Å². The average molecular weight is 212 g/mol. The van der Waals surface area contributed by atoms with Gasteiger partial charge in [-0.3, -0.25) is 0 Å². The summed E-state index contributed by atoms with van der Waals surface area (Å²) in [5, 5.41) is 8.82. The Labute approximate surface area is 89.9 Å². The van der Waals surface area contributed by atoms with E-state index in [-0.39, 0.29) is 6.61 Å². The van der Waals surface area contributed by atoms with Crippen LogP contribution in [0, 0.1) is 11.5 Å². The second-order valence-electron chi connectivity index (χ2n) is 4.86. The lowest BCUT2D eigenvalue weighted by Crippen LogP contribution is -2.43. The van der Waals surface area contributed by atoms with Crippen LogP contribution in [-0.4, -0.2) is 19.8 Å². The van der Waals surface area contributed by atoms with E-state index in [0.717, 1.165) is 0 Å². The molecule has 0 aliphatic rings. The van der Waals surface area contributed by atoms with Crippen LogP contribution in [0.15, 0.2) is 0 Å². The van der Waals surface area contributed by atoms with Crippen LogP contribution in [0.5, 0.6) is 0 Å². The van der Waals surface area contributed by atoms with Crippen molar-refractivity contribution in [3.8, 4) is 11.5 Å². The monoisotopic (exact) mass is 212 g/mol. The molecule has 0 saturated heterocycles. The third kappa shape index (κ3) is 2.62. The Bertz CT molecular complexity index is 198. The van der Waals surface area contributed by atoms with Gasteiger partial charge in [0.15, 0.2) is 0 Å². The first-order valence-electron chi connectivity index (χ1n) is 5.50. The molecule has 0 aliphatic heterocycles. The maximum absolute atomic E-state index is 8.82. The number of aliphatic hydroxyl groups is 1. The summed E-state index contributed by atoms with van der Waals surface area (Å²) >= 11 is 0. The Morgan fingerprint density at radius 2 is 1.29 bits per heavy atom. The van der Waals surface area contributed by atoms with E-state index in [2.05, 4.69) is 53.0 Å². The van der Waals surface area contributed by atoms with E-state index in [9.17, 15) is 0 Å². The molecule has 82 valence electrons. The van der Waals surface area contributed by atoms with Gasteiger partial charge in [0.25, 0.3) is 0 Å². The largest absolute Gasteiger partial charge is 0.384 e. The standard InChI is InChI=1S/C12H24OSi/c1-10(2)14(11(3)4,12(5)6)9-7-8-13/h10-13H,8H2,1-6H3. The van der Waals surface area contributed by atoms with Crippen molar-refractivity contribution in [2.45, 2.75) is 58.2 Å². The van der Waals surface area contributed by atoms with E-state index in [1.807, 2.05) is 0 Å². The summed E-state index contributed by atoms with van der Waals surface area (Å²) in [7, 11) is -1.57. The molecule has 0 fully saturated rings. The summed E-state index contributed by atoms with van der Waals surface area (Å²) < 4.78 is 0. The van der Waals surface area contributed by atoms with Gasteiger partial charge in [-0.2, -0.15) is 0 Å².